The Balaban J connectivity index is 1.53. The molecule has 0 bridgehead atoms. The van der Waals surface area contributed by atoms with Crippen LogP contribution in [0.15, 0.2) is 47.0 Å². The third-order valence-corrected chi connectivity index (χ3v) is 4.92. The lowest BCUT2D eigenvalue weighted by molar-refractivity contribution is 0.153. The van der Waals surface area contributed by atoms with Gasteiger partial charge in [-0.15, -0.1) is 0 Å². The van der Waals surface area contributed by atoms with Crippen molar-refractivity contribution in [1.82, 2.24) is 10.6 Å². The Morgan fingerprint density at radius 2 is 2.04 bits per heavy atom. The highest BCUT2D eigenvalue weighted by atomic mass is 16.5. The maximum absolute atomic E-state index is 5.36. The molecule has 3 rings (SSSR count). The minimum atomic E-state index is 0.271. The van der Waals surface area contributed by atoms with Crippen LogP contribution in [0.5, 0.6) is 0 Å². The van der Waals surface area contributed by atoms with Crippen LogP contribution in [0.3, 0.4) is 0 Å². The maximum Gasteiger partial charge on any atom is 0.191 e. The van der Waals surface area contributed by atoms with Crippen LogP contribution >= 0.6 is 0 Å². The van der Waals surface area contributed by atoms with Crippen LogP contribution in [0.1, 0.15) is 38.2 Å². The van der Waals surface area contributed by atoms with Crippen LogP contribution in [0, 0.1) is 0 Å². The Morgan fingerprint density at radius 3 is 2.71 bits per heavy atom. The average molecular weight is 327 g/mol. The van der Waals surface area contributed by atoms with Crippen LogP contribution in [0.2, 0.25) is 0 Å². The van der Waals surface area contributed by atoms with Gasteiger partial charge in [0.2, 0.25) is 0 Å². The first-order chi connectivity index (χ1) is 11.8. The van der Waals surface area contributed by atoms with E-state index in [0.717, 1.165) is 51.6 Å². The molecule has 1 aliphatic heterocycles. The molecular formula is C20H29N3O. The van der Waals surface area contributed by atoms with Gasteiger partial charge in [-0.3, -0.25) is 4.99 Å². The predicted octanol–water partition coefficient (Wildman–Crippen LogP) is 3.01. The van der Waals surface area contributed by atoms with E-state index < -0.39 is 0 Å². The molecule has 0 amide bonds. The van der Waals surface area contributed by atoms with Crippen LogP contribution in [-0.2, 0) is 10.2 Å². The van der Waals surface area contributed by atoms with Crippen molar-refractivity contribution in [2.75, 3.05) is 32.8 Å². The molecule has 24 heavy (non-hydrogen) atoms. The molecular weight excluding hydrogens is 298 g/mol. The Kier molecular flexibility index (Phi) is 5.91. The van der Waals surface area contributed by atoms with Gasteiger partial charge in [-0.1, -0.05) is 42.0 Å². The first kappa shape index (κ1) is 17.0. The van der Waals surface area contributed by atoms with E-state index in [0.29, 0.717) is 0 Å². The van der Waals surface area contributed by atoms with Gasteiger partial charge < -0.3 is 15.4 Å². The van der Waals surface area contributed by atoms with Crippen LogP contribution in [0.25, 0.3) is 0 Å². The number of benzene rings is 1. The molecule has 1 aromatic carbocycles. The summed E-state index contributed by atoms with van der Waals surface area (Å²) in [6.07, 6.45) is 6.83. The zero-order chi connectivity index (χ0) is 16.7. The zero-order valence-electron chi connectivity index (χ0n) is 14.7. The molecule has 1 heterocycles. The van der Waals surface area contributed by atoms with E-state index in [1.54, 1.807) is 0 Å². The van der Waals surface area contributed by atoms with E-state index in [9.17, 15) is 0 Å². The fourth-order valence-electron chi connectivity index (χ4n) is 3.19. The van der Waals surface area contributed by atoms with Crippen molar-refractivity contribution in [2.24, 2.45) is 4.99 Å². The molecule has 1 aliphatic carbocycles. The summed E-state index contributed by atoms with van der Waals surface area (Å²) >= 11 is 0. The predicted molar refractivity (Wildman–Crippen MR) is 99.5 cm³/mol. The fourth-order valence-corrected chi connectivity index (χ4v) is 3.19. The molecule has 2 N–H and O–H groups in total. The minimum absolute atomic E-state index is 0.271. The quantitative estimate of drug-likeness (QED) is 0.460. The van der Waals surface area contributed by atoms with Gasteiger partial charge in [-0.05, 0) is 38.2 Å². The Morgan fingerprint density at radius 1 is 1.21 bits per heavy atom. The van der Waals surface area contributed by atoms with Crippen LogP contribution in [0.4, 0.5) is 0 Å². The van der Waals surface area contributed by atoms with E-state index in [-0.39, 0.29) is 5.41 Å². The smallest absolute Gasteiger partial charge is 0.191 e. The summed E-state index contributed by atoms with van der Waals surface area (Å²) in [5, 5.41) is 6.84. The summed E-state index contributed by atoms with van der Waals surface area (Å²) < 4.78 is 5.36. The van der Waals surface area contributed by atoms with Crippen LogP contribution < -0.4 is 10.6 Å². The second kappa shape index (κ2) is 8.34. The molecule has 0 unspecified atom stereocenters. The van der Waals surface area contributed by atoms with Gasteiger partial charge in [0, 0.05) is 18.5 Å². The second-order valence-corrected chi connectivity index (χ2v) is 6.71. The normalized spacial score (nSPS) is 19.5. The topological polar surface area (TPSA) is 45.7 Å². The van der Waals surface area contributed by atoms with Gasteiger partial charge in [0.25, 0.3) is 0 Å². The highest BCUT2D eigenvalue weighted by molar-refractivity contribution is 5.79. The molecule has 1 saturated carbocycles. The van der Waals surface area contributed by atoms with E-state index in [1.165, 1.54) is 24.0 Å². The van der Waals surface area contributed by atoms with Gasteiger partial charge >= 0.3 is 0 Å². The molecule has 0 spiro atoms. The SMILES string of the molecule is CCNC(=NCC1(c2ccccc2)CC1)NCCC1=CCOCC1. The van der Waals surface area contributed by atoms with Gasteiger partial charge in [0.15, 0.2) is 5.96 Å². The lowest BCUT2D eigenvalue weighted by atomic mass is 9.96. The molecule has 4 heteroatoms. The van der Waals surface area contributed by atoms with Gasteiger partial charge in [0.1, 0.15) is 0 Å². The molecule has 130 valence electrons. The number of rotatable bonds is 7. The van der Waals surface area contributed by atoms with Crippen molar-refractivity contribution in [1.29, 1.82) is 0 Å². The molecule has 0 aromatic heterocycles. The lowest BCUT2D eigenvalue weighted by Gasteiger charge is -2.17. The van der Waals surface area contributed by atoms with Crippen molar-refractivity contribution < 1.29 is 4.74 Å². The number of hydrogen-bond acceptors (Lipinski definition) is 2. The van der Waals surface area contributed by atoms with Crippen molar-refractivity contribution in [3.8, 4) is 0 Å². The number of ether oxygens (including phenoxy) is 1. The maximum atomic E-state index is 5.36. The van der Waals surface area contributed by atoms with E-state index >= 15 is 0 Å². The Bertz CT molecular complexity index is 576. The highest BCUT2D eigenvalue weighted by Crippen LogP contribution is 2.48. The number of aliphatic imine (C=N–C) groups is 1. The van der Waals surface area contributed by atoms with Crippen molar-refractivity contribution in [3.63, 3.8) is 0 Å². The van der Waals surface area contributed by atoms with E-state index in [2.05, 4.69) is 54.0 Å². The monoisotopic (exact) mass is 327 g/mol. The molecule has 4 nitrogen and oxygen atoms in total. The zero-order valence-corrected chi connectivity index (χ0v) is 14.7. The molecule has 0 saturated heterocycles. The minimum Gasteiger partial charge on any atom is -0.377 e. The summed E-state index contributed by atoms with van der Waals surface area (Å²) in [6, 6.07) is 10.8. The fraction of sp³-hybridized carbons (Fsp3) is 0.550. The number of guanidine groups is 1. The van der Waals surface area contributed by atoms with Crippen molar-refractivity contribution in [3.05, 3.63) is 47.5 Å². The van der Waals surface area contributed by atoms with E-state index in [4.69, 9.17) is 9.73 Å². The summed E-state index contributed by atoms with van der Waals surface area (Å²) in [6.45, 7) is 6.42. The highest BCUT2D eigenvalue weighted by Gasteiger charge is 2.43. The first-order valence-corrected chi connectivity index (χ1v) is 9.16. The van der Waals surface area contributed by atoms with Crippen molar-refractivity contribution in [2.45, 2.75) is 38.0 Å². The molecule has 2 aliphatic rings. The van der Waals surface area contributed by atoms with Crippen LogP contribution in [-0.4, -0.2) is 38.8 Å². The molecule has 0 radical (unpaired) electrons. The third-order valence-electron chi connectivity index (χ3n) is 4.92. The van der Waals surface area contributed by atoms with Gasteiger partial charge in [0.05, 0.1) is 19.8 Å². The number of hydrogen-bond donors (Lipinski definition) is 2. The Hall–Kier alpha value is -1.81. The number of nitrogens with one attached hydrogen (secondary N) is 2. The van der Waals surface area contributed by atoms with Crippen molar-refractivity contribution >= 4 is 5.96 Å². The molecule has 1 fully saturated rings. The van der Waals surface area contributed by atoms with Gasteiger partial charge in [-0.2, -0.15) is 0 Å². The Labute approximate surface area is 145 Å². The number of nitrogens with zero attached hydrogens (tertiary/aromatic N) is 1. The van der Waals surface area contributed by atoms with E-state index in [1.807, 2.05) is 0 Å². The first-order valence-electron chi connectivity index (χ1n) is 9.16. The third kappa shape index (κ3) is 4.60. The standard InChI is InChI=1S/C20H29N3O/c1-2-21-19(22-13-8-17-9-14-24-15-10-17)23-16-20(11-12-20)18-6-4-3-5-7-18/h3-7,9H,2,8,10-16H2,1H3,(H2,21,22,23). The molecule has 1 aromatic rings. The van der Waals surface area contributed by atoms with Gasteiger partial charge in [-0.25, -0.2) is 0 Å². The second-order valence-electron chi connectivity index (χ2n) is 6.71. The largest absolute Gasteiger partial charge is 0.377 e. The molecule has 0 atom stereocenters. The summed E-state index contributed by atoms with van der Waals surface area (Å²) in [5.74, 6) is 0.937. The average Bonchev–Trinajstić information content (AvgIpc) is 3.43. The summed E-state index contributed by atoms with van der Waals surface area (Å²) in [4.78, 5) is 4.86. The summed E-state index contributed by atoms with van der Waals surface area (Å²) in [7, 11) is 0. The lowest BCUT2D eigenvalue weighted by Crippen LogP contribution is -2.38. The summed E-state index contributed by atoms with van der Waals surface area (Å²) in [5.41, 5.74) is 3.19.